The van der Waals surface area contributed by atoms with Gasteiger partial charge in [-0.3, -0.25) is 9.78 Å². The highest BCUT2D eigenvalue weighted by molar-refractivity contribution is 6.05. The van der Waals surface area contributed by atoms with Crippen LogP contribution >= 0.6 is 0 Å². The number of rotatable bonds is 4. The number of nitrogens with two attached hydrogens (primary N) is 1. The van der Waals surface area contributed by atoms with Gasteiger partial charge in [0.2, 0.25) is 0 Å². The number of hydrogen-bond donors (Lipinski definition) is 2. The van der Waals surface area contributed by atoms with Gasteiger partial charge in [0.15, 0.2) is 0 Å². The van der Waals surface area contributed by atoms with Crippen molar-refractivity contribution < 1.29 is 4.79 Å². The van der Waals surface area contributed by atoms with Crippen LogP contribution in [0.25, 0.3) is 11.0 Å². The zero-order chi connectivity index (χ0) is 17.9. The third kappa shape index (κ3) is 3.15. The number of anilines is 2. The molecule has 128 valence electrons. The first-order valence-corrected chi connectivity index (χ1v) is 8.35. The summed E-state index contributed by atoms with van der Waals surface area (Å²) in [5.41, 5.74) is 10.8. The molecule has 5 nitrogen and oxygen atoms in total. The highest BCUT2D eigenvalue weighted by atomic mass is 16.1. The van der Waals surface area contributed by atoms with Crippen LogP contribution < -0.4 is 11.1 Å². The first-order valence-electron chi connectivity index (χ1n) is 8.35. The number of nitrogens with one attached hydrogen (secondary N) is 1. The molecule has 0 aliphatic rings. The average Bonchev–Trinajstić information content (AvgIpc) is 3.07. The fourth-order valence-electron chi connectivity index (χ4n) is 2.92. The number of carbonyl (C=O) groups excluding carboxylic acids is 1. The van der Waals surface area contributed by atoms with E-state index in [-0.39, 0.29) is 5.91 Å². The Bertz CT molecular complexity index is 1070. The fourth-order valence-corrected chi connectivity index (χ4v) is 2.92. The number of fused-ring (bicyclic) bond motifs is 1. The third-order valence-corrected chi connectivity index (χ3v) is 4.32. The lowest BCUT2D eigenvalue weighted by molar-refractivity contribution is 0.102. The molecular formula is C21H18N4O. The molecule has 0 saturated heterocycles. The Morgan fingerprint density at radius 3 is 2.62 bits per heavy atom. The van der Waals surface area contributed by atoms with Gasteiger partial charge in [-0.2, -0.15) is 0 Å². The molecule has 2 heterocycles. The van der Waals surface area contributed by atoms with E-state index in [2.05, 4.69) is 20.9 Å². The van der Waals surface area contributed by atoms with Gasteiger partial charge in [-0.25, -0.2) is 0 Å². The van der Waals surface area contributed by atoms with Crippen molar-refractivity contribution in [2.45, 2.75) is 6.54 Å². The number of para-hydroxylation sites is 2. The molecule has 0 spiro atoms. The van der Waals surface area contributed by atoms with E-state index in [1.807, 2.05) is 54.7 Å². The van der Waals surface area contributed by atoms with E-state index in [4.69, 9.17) is 5.73 Å². The van der Waals surface area contributed by atoms with Gasteiger partial charge in [-0.05, 0) is 48.0 Å². The van der Waals surface area contributed by atoms with Gasteiger partial charge >= 0.3 is 0 Å². The van der Waals surface area contributed by atoms with E-state index >= 15 is 0 Å². The van der Waals surface area contributed by atoms with Crippen LogP contribution in [-0.2, 0) is 6.54 Å². The molecule has 5 heteroatoms. The molecule has 0 bridgehead atoms. The van der Waals surface area contributed by atoms with Crippen LogP contribution in [-0.4, -0.2) is 15.5 Å². The van der Waals surface area contributed by atoms with E-state index in [9.17, 15) is 4.79 Å². The Balaban J connectivity index is 1.50. The summed E-state index contributed by atoms with van der Waals surface area (Å²) < 4.78 is 2.14. The van der Waals surface area contributed by atoms with Crippen LogP contribution in [0.1, 0.15) is 15.9 Å². The molecule has 2 aromatic carbocycles. The van der Waals surface area contributed by atoms with Gasteiger partial charge in [-0.15, -0.1) is 0 Å². The number of pyridine rings is 1. The lowest BCUT2D eigenvalue weighted by Crippen LogP contribution is -2.13. The van der Waals surface area contributed by atoms with Crippen LogP contribution in [0.4, 0.5) is 11.4 Å². The van der Waals surface area contributed by atoms with Crippen LogP contribution in [0.3, 0.4) is 0 Å². The van der Waals surface area contributed by atoms with E-state index in [0.717, 1.165) is 23.1 Å². The molecule has 0 unspecified atom stereocenters. The number of carbonyl (C=O) groups is 1. The molecular weight excluding hydrogens is 324 g/mol. The molecule has 4 aromatic rings. The maximum absolute atomic E-state index is 12.4. The first kappa shape index (κ1) is 15.9. The first-order chi connectivity index (χ1) is 12.7. The molecule has 2 aromatic heterocycles. The second kappa shape index (κ2) is 6.72. The predicted octanol–water partition coefficient (Wildman–Crippen LogP) is 3.92. The SMILES string of the molecule is Nc1ccccc1NC(=O)c1ccc(Cn2ccc3ncccc32)cc1. The number of aromatic nitrogens is 2. The lowest BCUT2D eigenvalue weighted by Gasteiger charge is -2.09. The summed E-state index contributed by atoms with van der Waals surface area (Å²) in [5, 5.41) is 2.84. The Morgan fingerprint density at radius 1 is 1.00 bits per heavy atom. The average molecular weight is 342 g/mol. The second-order valence-electron chi connectivity index (χ2n) is 6.09. The van der Waals surface area contributed by atoms with Gasteiger partial charge in [0.05, 0.1) is 22.4 Å². The maximum atomic E-state index is 12.4. The Kier molecular flexibility index (Phi) is 4.11. The highest BCUT2D eigenvalue weighted by Crippen LogP contribution is 2.19. The molecule has 0 atom stereocenters. The number of nitrogen functional groups attached to an aromatic ring is 1. The van der Waals surface area contributed by atoms with Crippen LogP contribution in [0.2, 0.25) is 0 Å². The number of amides is 1. The van der Waals surface area contributed by atoms with Gasteiger partial charge in [0.1, 0.15) is 0 Å². The fraction of sp³-hybridized carbons (Fsp3) is 0.0476. The van der Waals surface area contributed by atoms with Gasteiger partial charge in [0.25, 0.3) is 5.91 Å². The normalized spacial score (nSPS) is 10.8. The lowest BCUT2D eigenvalue weighted by atomic mass is 10.1. The third-order valence-electron chi connectivity index (χ3n) is 4.32. The highest BCUT2D eigenvalue weighted by Gasteiger charge is 2.08. The molecule has 3 N–H and O–H groups in total. The summed E-state index contributed by atoms with van der Waals surface area (Å²) in [7, 11) is 0. The monoisotopic (exact) mass is 342 g/mol. The molecule has 4 rings (SSSR count). The van der Waals surface area contributed by atoms with Crippen molar-refractivity contribution >= 4 is 28.3 Å². The maximum Gasteiger partial charge on any atom is 0.255 e. The molecule has 0 saturated carbocycles. The summed E-state index contributed by atoms with van der Waals surface area (Å²) >= 11 is 0. The zero-order valence-electron chi connectivity index (χ0n) is 14.1. The minimum absolute atomic E-state index is 0.176. The molecule has 0 aliphatic heterocycles. The van der Waals surface area contributed by atoms with E-state index in [0.29, 0.717) is 16.9 Å². The van der Waals surface area contributed by atoms with Crippen molar-refractivity contribution in [1.82, 2.24) is 9.55 Å². The molecule has 0 fully saturated rings. The van der Waals surface area contributed by atoms with E-state index in [1.54, 1.807) is 18.3 Å². The van der Waals surface area contributed by atoms with Crippen molar-refractivity contribution in [3.63, 3.8) is 0 Å². The van der Waals surface area contributed by atoms with Gasteiger partial charge in [-0.1, -0.05) is 24.3 Å². The summed E-state index contributed by atoms with van der Waals surface area (Å²) in [6, 6.07) is 20.8. The molecule has 0 aliphatic carbocycles. The van der Waals surface area contributed by atoms with Gasteiger partial charge in [0, 0.05) is 24.5 Å². The summed E-state index contributed by atoms with van der Waals surface area (Å²) in [4.78, 5) is 16.7. The quantitative estimate of drug-likeness (QED) is 0.552. The zero-order valence-corrected chi connectivity index (χ0v) is 14.1. The summed E-state index contributed by atoms with van der Waals surface area (Å²) in [6.07, 6.45) is 3.82. The Morgan fingerprint density at radius 2 is 1.81 bits per heavy atom. The summed E-state index contributed by atoms with van der Waals surface area (Å²) in [6.45, 7) is 0.725. The van der Waals surface area contributed by atoms with Crippen molar-refractivity contribution in [2.24, 2.45) is 0 Å². The van der Waals surface area contributed by atoms with Crippen molar-refractivity contribution in [3.8, 4) is 0 Å². The summed E-state index contributed by atoms with van der Waals surface area (Å²) in [5.74, 6) is -0.176. The molecule has 26 heavy (non-hydrogen) atoms. The largest absolute Gasteiger partial charge is 0.397 e. The smallest absolute Gasteiger partial charge is 0.255 e. The minimum Gasteiger partial charge on any atom is -0.397 e. The minimum atomic E-state index is -0.176. The van der Waals surface area contributed by atoms with Crippen molar-refractivity contribution in [1.29, 1.82) is 0 Å². The van der Waals surface area contributed by atoms with Gasteiger partial charge < -0.3 is 15.6 Å². The van der Waals surface area contributed by atoms with Crippen LogP contribution in [0.15, 0.2) is 79.1 Å². The molecule has 1 amide bonds. The van der Waals surface area contributed by atoms with Crippen molar-refractivity contribution in [3.05, 3.63) is 90.3 Å². The van der Waals surface area contributed by atoms with E-state index < -0.39 is 0 Å². The standard InChI is InChI=1S/C21H18N4O/c22-17-4-1-2-5-18(17)24-21(26)16-9-7-15(8-10-16)14-25-13-11-19-20(25)6-3-12-23-19/h1-13H,14,22H2,(H,24,26). The molecule has 0 radical (unpaired) electrons. The number of benzene rings is 2. The number of hydrogen-bond acceptors (Lipinski definition) is 3. The van der Waals surface area contributed by atoms with Crippen LogP contribution in [0, 0.1) is 0 Å². The predicted molar refractivity (Wildman–Crippen MR) is 104 cm³/mol. The topological polar surface area (TPSA) is 72.9 Å². The van der Waals surface area contributed by atoms with E-state index in [1.165, 1.54) is 0 Å². The van der Waals surface area contributed by atoms with Crippen molar-refractivity contribution in [2.75, 3.05) is 11.1 Å². The Labute approximate surface area is 151 Å². The second-order valence-corrected chi connectivity index (χ2v) is 6.09. The Hall–Kier alpha value is -3.60. The van der Waals surface area contributed by atoms with Crippen LogP contribution in [0.5, 0.6) is 0 Å². The number of nitrogens with zero attached hydrogens (tertiary/aromatic N) is 2.